The van der Waals surface area contributed by atoms with Gasteiger partial charge in [0.05, 0.1) is 0 Å². The molecule has 0 aromatic carbocycles. The highest BCUT2D eigenvalue weighted by atomic mass is 15.0. The molecule has 2 aliphatic rings. The summed E-state index contributed by atoms with van der Waals surface area (Å²) in [5.41, 5.74) is 5.65. The molecule has 2 nitrogen and oxygen atoms in total. The lowest BCUT2D eigenvalue weighted by molar-refractivity contribution is 0.350. The van der Waals surface area contributed by atoms with Gasteiger partial charge in [0.15, 0.2) is 0 Å². The van der Waals surface area contributed by atoms with Crippen molar-refractivity contribution in [2.75, 3.05) is 13.6 Å². The fourth-order valence-corrected chi connectivity index (χ4v) is 2.73. The van der Waals surface area contributed by atoms with Gasteiger partial charge in [-0.05, 0) is 50.6 Å². The van der Waals surface area contributed by atoms with E-state index in [9.17, 15) is 0 Å². The van der Waals surface area contributed by atoms with Gasteiger partial charge in [-0.25, -0.2) is 0 Å². The predicted molar refractivity (Wildman–Crippen MR) is 46.2 cm³/mol. The van der Waals surface area contributed by atoms with Crippen LogP contribution in [-0.4, -0.2) is 19.6 Å². The zero-order valence-electron chi connectivity index (χ0n) is 7.22. The molecule has 0 heterocycles. The van der Waals surface area contributed by atoms with Crippen LogP contribution in [0, 0.1) is 17.8 Å². The topological polar surface area (TPSA) is 38.0 Å². The van der Waals surface area contributed by atoms with Gasteiger partial charge >= 0.3 is 0 Å². The molecule has 0 radical (unpaired) electrons. The van der Waals surface area contributed by atoms with Crippen molar-refractivity contribution in [3.8, 4) is 0 Å². The van der Waals surface area contributed by atoms with Crippen molar-refractivity contribution in [1.29, 1.82) is 0 Å². The summed E-state index contributed by atoms with van der Waals surface area (Å²) < 4.78 is 0. The zero-order valence-corrected chi connectivity index (χ0v) is 7.22. The van der Waals surface area contributed by atoms with Crippen molar-refractivity contribution in [3.05, 3.63) is 0 Å². The van der Waals surface area contributed by atoms with E-state index in [1.165, 1.54) is 19.3 Å². The molecule has 2 saturated carbocycles. The van der Waals surface area contributed by atoms with E-state index in [1.807, 2.05) is 0 Å². The van der Waals surface area contributed by atoms with Gasteiger partial charge < -0.3 is 11.1 Å². The molecule has 3 N–H and O–H groups in total. The van der Waals surface area contributed by atoms with Crippen molar-refractivity contribution >= 4 is 0 Å². The first-order valence-corrected chi connectivity index (χ1v) is 4.74. The van der Waals surface area contributed by atoms with Crippen LogP contribution < -0.4 is 11.1 Å². The highest BCUT2D eigenvalue weighted by Gasteiger charge is 2.51. The molecule has 2 aliphatic carbocycles. The Hall–Kier alpha value is -0.0800. The van der Waals surface area contributed by atoms with E-state index in [0.717, 1.165) is 30.3 Å². The lowest BCUT2D eigenvalue weighted by Gasteiger charge is -2.18. The monoisotopic (exact) mass is 154 g/mol. The first-order valence-electron chi connectivity index (χ1n) is 4.74. The average Bonchev–Trinajstić information content (AvgIpc) is 2.76. The first-order chi connectivity index (χ1) is 5.36. The Morgan fingerprint density at radius 1 is 1.36 bits per heavy atom. The van der Waals surface area contributed by atoms with Gasteiger partial charge in [-0.1, -0.05) is 0 Å². The van der Waals surface area contributed by atoms with Gasteiger partial charge in [0.2, 0.25) is 0 Å². The molecule has 0 aromatic rings. The van der Waals surface area contributed by atoms with E-state index in [-0.39, 0.29) is 0 Å². The lowest BCUT2D eigenvalue weighted by atomic mass is 9.90. The molecule has 11 heavy (non-hydrogen) atoms. The van der Waals surface area contributed by atoms with Crippen LogP contribution >= 0.6 is 0 Å². The number of hydrogen-bond acceptors (Lipinski definition) is 2. The summed E-state index contributed by atoms with van der Waals surface area (Å²) in [6.07, 6.45) is 4.17. The Morgan fingerprint density at radius 2 is 2.18 bits per heavy atom. The van der Waals surface area contributed by atoms with Crippen molar-refractivity contribution in [2.45, 2.75) is 25.3 Å². The van der Waals surface area contributed by atoms with Crippen molar-refractivity contribution < 1.29 is 0 Å². The molecular formula is C9H18N2. The largest absolute Gasteiger partial charge is 0.330 e. The Labute approximate surface area is 68.5 Å². The highest BCUT2D eigenvalue weighted by molar-refractivity contribution is 5.05. The summed E-state index contributed by atoms with van der Waals surface area (Å²) in [6, 6.07) is 0.839. The van der Waals surface area contributed by atoms with E-state index in [4.69, 9.17) is 5.73 Å². The number of nitrogens with one attached hydrogen (secondary N) is 1. The third kappa shape index (κ3) is 1.18. The van der Waals surface area contributed by atoms with Crippen molar-refractivity contribution in [3.63, 3.8) is 0 Å². The summed E-state index contributed by atoms with van der Waals surface area (Å²) in [5.74, 6) is 2.81. The van der Waals surface area contributed by atoms with Gasteiger partial charge in [-0.3, -0.25) is 0 Å². The van der Waals surface area contributed by atoms with Crippen LogP contribution in [0.1, 0.15) is 19.3 Å². The number of fused-ring (bicyclic) bond motifs is 1. The molecule has 2 fully saturated rings. The third-order valence-electron chi connectivity index (χ3n) is 3.51. The van der Waals surface area contributed by atoms with Crippen LogP contribution in [0.15, 0.2) is 0 Å². The van der Waals surface area contributed by atoms with E-state index >= 15 is 0 Å². The molecular weight excluding hydrogens is 136 g/mol. The quantitative estimate of drug-likeness (QED) is 0.610. The minimum Gasteiger partial charge on any atom is -0.330 e. The molecule has 0 saturated heterocycles. The average molecular weight is 154 g/mol. The maximum atomic E-state index is 5.65. The maximum absolute atomic E-state index is 5.65. The minimum atomic E-state index is 0.828. The SMILES string of the molecule is CNC1C2CCC(CN)CC21. The van der Waals surface area contributed by atoms with E-state index in [2.05, 4.69) is 12.4 Å². The summed E-state index contributed by atoms with van der Waals surface area (Å²) in [5, 5.41) is 3.38. The summed E-state index contributed by atoms with van der Waals surface area (Å²) in [7, 11) is 2.08. The molecule has 4 unspecified atom stereocenters. The van der Waals surface area contributed by atoms with Crippen LogP contribution in [0.4, 0.5) is 0 Å². The van der Waals surface area contributed by atoms with E-state index in [1.54, 1.807) is 0 Å². The maximum Gasteiger partial charge on any atom is 0.0127 e. The van der Waals surface area contributed by atoms with Crippen LogP contribution in [0.5, 0.6) is 0 Å². The Morgan fingerprint density at radius 3 is 2.82 bits per heavy atom. The van der Waals surface area contributed by atoms with Crippen LogP contribution in [0.3, 0.4) is 0 Å². The van der Waals surface area contributed by atoms with Crippen molar-refractivity contribution in [2.24, 2.45) is 23.5 Å². The lowest BCUT2D eigenvalue weighted by Crippen LogP contribution is -2.18. The predicted octanol–water partition coefficient (Wildman–Crippen LogP) is 0.579. The molecule has 0 aromatic heterocycles. The van der Waals surface area contributed by atoms with E-state index in [0.29, 0.717) is 0 Å². The van der Waals surface area contributed by atoms with Gasteiger partial charge in [0.1, 0.15) is 0 Å². The molecule has 0 spiro atoms. The van der Waals surface area contributed by atoms with Gasteiger partial charge in [0.25, 0.3) is 0 Å². The molecule has 64 valence electrons. The second kappa shape index (κ2) is 2.76. The molecule has 2 heteroatoms. The molecule has 0 amide bonds. The number of nitrogens with two attached hydrogens (primary N) is 1. The normalized spacial score (nSPS) is 48.5. The Balaban J connectivity index is 1.86. The summed E-state index contributed by atoms with van der Waals surface area (Å²) >= 11 is 0. The number of rotatable bonds is 2. The standard InChI is InChI=1S/C9H18N2/c1-11-9-7-3-2-6(5-10)4-8(7)9/h6-9,11H,2-5,10H2,1H3. The van der Waals surface area contributed by atoms with Gasteiger partial charge in [-0.15, -0.1) is 0 Å². The molecule has 0 bridgehead atoms. The molecule has 4 atom stereocenters. The van der Waals surface area contributed by atoms with Crippen LogP contribution in [0.2, 0.25) is 0 Å². The fourth-order valence-electron chi connectivity index (χ4n) is 2.73. The molecule has 2 rings (SSSR count). The minimum absolute atomic E-state index is 0.828. The fraction of sp³-hybridized carbons (Fsp3) is 1.00. The van der Waals surface area contributed by atoms with Gasteiger partial charge in [-0.2, -0.15) is 0 Å². The summed E-state index contributed by atoms with van der Waals surface area (Å²) in [4.78, 5) is 0. The van der Waals surface area contributed by atoms with Crippen LogP contribution in [-0.2, 0) is 0 Å². The number of hydrogen-bond donors (Lipinski definition) is 2. The first kappa shape index (κ1) is 7.56. The van der Waals surface area contributed by atoms with Crippen molar-refractivity contribution in [1.82, 2.24) is 5.32 Å². The zero-order chi connectivity index (χ0) is 7.84. The Kier molecular flexibility index (Phi) is 1.90. The second-order valence-electron chi connectivity index (χ2n) is 4.06. The van der Waals surface area contributed by atoms with Crippen LogP contribution in [0.25, 0.3) is 0 Å². The molecule has 0 aliphatic heterocycles. The second-order valence-corrected chi connectivity index (χ2v) is 4.06. The highest BCUT2D eigenvalue weighted by Crippen LogP contribution is 2.51. The Bertz CT molecular complexity index is 140. The summed E-state index contributed by atoms with van der Waals surface area (Å²) in [6.45, 7) is 0.902. The van der Waals surface area contributed by atoms with Gasteiger partial charge in [0, 0.05) is 6.04 Å². The third-order valence-corrected chi connectivity index (χ3v) is 3.51. The smallest absolute Gasteiger partial charge is 0.0127 e. The van der Waals surface area contributed by atoms with E-state index < -0.39 is 0 Å².